The lowest BCUT2D eigenvalue weighted by Gasteiger charge is -2.38. The van der Waals surface area contributed by atoms with Gasteiger partial charge in [0.05, 0.1) is 12.6 Å². The first-order chi connectivity index (χ1) is 11.3. The number of fused-ring (bicyclic) bond motifs is 3. The Morgan fingerprint density at radius 1 is 1.17 bits per heavy atom. The molecule has 0 saturated heterocycles. The minimum absolute atomic E-state index is 0.169. The second-order valence-corrected chi connectivity index (χ2v) is 6.18. The first-order valence-electron chi connectivity index (χ1n) is 8.22. The number of rotatable bonds is 3. The summed E-state index contributed by atoms with van der Waals surface area (Å²) in [4.78, 5) is 0. The minimum Gasteiger partial charge on any atom is -0.494 e. The van der Waals surface area contributed by atoms with Gasteiger partial charge in [-0.25, -0.2) is 4.39 Å². The molecule has 2 nitrogen and oxygen atoms in total. The number of anilines is 1. The molecular weight excluding hydrogens is 289 g/mol. The van der Waals surface area contributed by atoms with Gasteiger partial charge in [-0.3, -0.25) is 0 Å². The number of benzene rings is 2. The highest BCUT2D eigenvalue weighted by atomic mass is 19.1. The summed E-state index contributed by atoms with van der Waals surface area (Å²) in [5.41, 5.74) is 3.27. The third-order valence-electron chi connectivity index (χ3n) is 4.88. The second kappa shape index (κ2) is 5.73. The van der Waals surface area contributed by atoms with Gasteiger partial charge in [0.15, 0.2) is 0 Å². The predicted octanol–water partition coefficient (Wildman–Crippen LogP) is 5.05. The van der Waals surface area contributed by atoms with E-state index in [0.717, 1.165) is 23.4 Å². The summed E-state index contributed by atoms with van der Waals surface area (Å²) in [6, 6.07) is 13.4. The van der Waals surface area contributed by atoms with Gasteiger partial charge >= 0.3 is 0 Å². The Morgan fingerprint density at radius 2 is 2.04 bits per heavy atom. The Labute approximate surface area is 136 Å². The summed E-state index contributed by atoms with van der Waals surface area (Å²) >= 11 is 0. The van der Waals surface area contributed by atoms with Crippen LogP contribution in [-0.2, 0) is 0 Å². The highest BCUT2D eigenvalue weighted by Gasteiger charge is 2.38. The Balaban J connectivity index is 1.78. The zero-order valence-corrected chi connectivity index (χ0v) is 13.1. The molecule has 0 aromatic heterocycles. The van der Waals surface area contributed by atoms with Crippen LogP contribution in [0.3, 0.4) is 0 Å². The fraction of sp³-hybridized carbons (Fsp3) is 0.300. The van der Waals surface area contributed by atoms with Gasteiger partial charge in [-0.05, 0) is 49.1 Å². The quantitative estimate of drug-likeness (QED) is 0.801. The molecule has 4 rings (SSSR count). The third-order valence-corrected chi connectivity index (χ3v) is 4.88. The molecule has 23 heavy (non-hydrogen) atoms. The number of para-hydroxylation sites is 1. The molecule has 3 unspecified atom stereocenters. The van der Waals surface area contributed by atoms with Crippen molar-refractivity contribution < 1.29 is 9.13 Å². The lowest BCUT2D eigenvalue weighted by Crippen LogP contribution is -2.29. The van der Waals surface area contributed by atoms with Gasteiger partial charge < -0.3 is 10.1 Å². The summed E-state index contributed by atoms with van der Waals surface area (Å²) in [6.07, 6.45) is 5.44. The smallest absolute Gasteiger partial charge is 0.124 e. The highest BCUT2D eigenvalue weighted by Crippen LogP contribution is 2.51. The van der Waals surface area contributed by atoms with Crippen molar-refractivity contribution in [2.45, 2.75) is 25.3 Å². The average Bonchev–Trinajstić information content (AvgIpc) is 3.05. The van der Waals surface area contributed by atoms with E-state index in [1.807, 2.05) is 25.1 Å². The molecule has 1 N–H and O–H groups in total. The van der Waals surface area contributed by atoms with Crippen LogP contribution < -0.4 is 10.1 Å². The fourth-order valence-electron chi connectivity index (χ4n) is 3.90. The third kappa shape index (κ3) is 2.40. The van der Waals surface area contributed by atoms with E-state index in [-0.39, 0.29) is 17.8 Å². The predicted molar refractivity (Wildman–Crippen MR) is 90.4 cm³/mol. The molecule has 2 aliphatic rings. The molecule has 2 aromatic rings. The lowest BCUT2D eigenvalue weighted by molar-refractivity contribution is 0.326. The van der Waals surface area contributed by atoms with Crippen LogP contribution >= 0.6 is 0 Å². The van der Waals surface area contributed by atoms with E-state index >= 15 is 0 Å². The molecular formula is C20H20FNO. The number of halogens is 1. The molecule has 118 valence electrons. The lowest BCUT2D eigenvalue weighted by atomic mass is 9.77. The number of ether oxygens (including phenoxy) is 1. The molecule has 1 aliphatic carbocycles. The van der Waals surface area contributed by atoms with Gasteiger partial charge in [0.1, 0.15) is 11.6 Å². The SMILES string of the molecule is CCOc1ccccc1C1Nc2ccc(F)cc2C2C=CCC21. The Morgan fingerprint density at radius 3 is 2.91 bits per heavy atom. The topological polar surface area (TPSA) is 21.3 Å². The molecule has 0 radical (unpaired) electrons. The van der Waals surface area contributed by atoms with Gasteiger partial charge in [0.2, 0.25) is 0 Å². The van der Waals surface area contributed by atoms with E-state index in [4.69, 9.17) is 4.74 Å². The molecule has 0 bridgehead atoms. The van der Waals surface area contributed by atoms with Gasteiger partial charge in [0, 0.05) is 17.2 Å². The van der Waals surface area contributed by atoms with Crippen molar-refractivity contribution in [1.82, 2.24) is 0 Å². The maximum Gasteiger partial charge on any atom is 0.124 e. The van der Waals surface area contributed by atoms with Crippen molar-refractivity contribution in [2.75, 3.05) is 11.9 Å². The number of allylic oxidation sites excluding steroid dienone is 2. The van der Waals surface area contributed by atoms with E-state index in [0.29, 0.717) is 12.5 Å². The normalized spacial score (nSPS) is 24.7. The van der Waals surface area contributed by atoms with Crippen molar-refractivity contribution in [3.8, 4) is 5.75 Å². The van der Waals surface area contributed by atoms with Crippen LogP contribution in [-0.4, -0.2) is 6.61 Å². The number of nitrogens with one attached hydrogen (secondary N) is 1. The van der Waals surface area contributed by atoms with Crippen LogP contribution in [0.15, 0.2) is 54.6 Å². The van der Waals surface area contributed by atoms with Gasteiger partial charge in [0.25, 0.3) is 0 Å². The summed E-state index contributed by atoms with van der Waals surface area (Å²) < 4.78 is 19.5. The first-order valence-corrected chi connectivity index (χ1v) is 8.22. The van der Waals surface area contributed by atoms with E-state index in [1.54, 1.807) is 6.07 Å². The molecule has 1 aliphatic heterocycles. The van der Waals surface area contributed by atoms with Crippen LogP contribution in [0, 0.1) is 11.7 Å². The fourth-order valence-corrected chi connectivity index (χ4v) is 3.90. The average molecular weight is 309 g/mol. The number of hydrogen-bond donors (Lipinski definition) is 1. The van der Waals surface area contributed by atoms with E-state index < -0.39 is 0 Å². The van der Waals surface area contributed by atoms with Crippen LogP contribution in [0.4, 0.5) is 10.1 Å². The molecule has 0 spiro atoms. The molecule has 0 saturated carbocycles. The van der Waals surface area contributed by atoms with Crippen molar-refractivity contribution in [3.63, 3.8) is 0 Å². The summed E-state index contributed by atoms with van der Waals surface area (Å²) in [5.74, 6) is 1.43. The van der Waals surface area contributed by atoms with Crippen molar-refractivity contribution in [2.24, 2.45) is 5.92 Å². The maximum absolute atomic E-state index is 13.7. The van der Waals surface area contributed by atoms with E-state index in [1.165, 1.54) is 11.6 Å². The van der Waals surface area contributed by atoms with Crippen LogP contribution in [0.25, 0.3) is 0 Å². The van der Waals surface area contributed by atoms with E-state index in [2.05, 4.69) is 29.6 Å². The molecule has 3 atom stereocenters. The first kappa shape index (κ1) is 14.3. The maximum atomic E-state index is 13.7. The van der Waals surface area contributed by atoms with Gasteiger partial charge in [-0.15, -0.1) is 0 Å². The monoisotopic (exact) mass is 309 g/mol. The summed E-state index contributed by atoms with van der Waals surface area (Å²) in [6.45, 7) is 2.65. The largest absolute Gasteiger partial charge is 0.494 e. The Hall–Kier alpha value is -2.29. The molecule has 0 fully saturated rings. The molecule has 0 amide bonds. The van der Waals surface area contributed by atoms with Crippen molar-refractivity contribution in [3.05, 3.63) is 71.6 Å². The Kier molecular flexibility index (Phi) is 3.56. The zero-order valence-electron chi connectivity index (χ0n) is 13.1. The summed E-state index contributed by atoms with van der Waals surface area (Å²) in [7, 11) is 0. The van der Waals surface area contributed by atoms with Crippen molar-refractivity contribution >= 4 is 5.69 Å². The highest BCUT2D eigenvalue weighted by molar-refractivity contribution is 5.60. The van der Waals surface area contributed by atoms with Crippen LogP contribution in [0.1, 0.15) is 36.4 Å². The summed E-state index contributed by atoms with van der Waals surface area (Å²) in [5, 5.41) is 3.62. The number of hydrogen-bond acceptors (Lipinski definition) is 2. The second-order valence-electron chi connectivity index (χ2n) is 6.18. The van der Waals surface area contributed by atoms with Gasteiger partial charge in [-0.2, -0.15) is 0 Å². The molecule has 1 heterocycles. The van der Waals surface area contributed by atoms with Crippen LogP contribution in [0.5, 0.6) is 5.75 Å². The van der Waals surface area contributed by atoms with Gasteiger partial charge in [-0.1, -0.05) is 30.4 Å². The molecule has 2 aromatic carbocycles. The van der Waals surface area contributed by atoms with E-state index in [9.17, 15) is 4.39 Å². The molecule has 3 heteroatoms. The van der Waals surface area contributed by atoms with Crippen molar-refractivity contribution in [1.29, 1.82) is 0 Å². The minimum atomic E-state index is -0.169. The zero-order chi connectivity index (χ0) is 15.8. The Bertz CT molecular complexity index is 755. The standard InChI is InChI=1S/C20H20FNO/c1-2-23-19-9-4-3-6-16(19)20-15-8-5-7-14(15)17-12-13(21)10-11-18(17)22-20/h3-7,9-12,14-15,20,22H,2,8H2,1H3. The van der Waals surface area contributed by atoms with Crippen LogP contribution in [0.2, 0.25) is 0 Å².